The van der Waals surface area contributed by atoms with E-state index in [-0.39, 0.29) is 6.03 Å². The molecule has 0 unspecified atom stereocenters. The molecule has 23 heavy (non-hydrogen) atoms. The number of halogens is 2. The molecule has 0 atom stereocenters. The Kier molecular flexibility index (Phi) is 5.84. The van der Waals surface area contributed by atoms with Crippen molar-refractivity contribution in [3.63, 3.8) is 0 Å². The minimum Gasteiger partial charge on any atom is -0.465 e. The standard InChI is InChI=1S/C16H14Cl2N2O3/c1-23-15(21)11-3-5-12(6-4-11)20-16(22)19-9-10-2-7-13(17)14(18)8-10/h2-8H,9H2,1H3,(H2,19,20,22). The van der Waals surface area contributed by atoms with E-state index >= 15 is 0 Å². The van der Waals surface area contributed by atoms with Crippen LogP contribution >= 0.6 is 23.2 Å². The first kappa shape index (κ1) is 17.1. The Morgan fingerprint density at radius 3 is 2.35 bits per heavy atom. The van der Waals surface area contributed by atoms with Gasteiger partial charge in [0.2, 0.25) is 0 Å². The van der Waals surface area contributed by atoms with E-state index in [4.69, 9.17) is 23.2 Å². The third-order valence-electron chi connectivity index (χ3n) is 3.00. The van der Waals surface area contributed by atoms with Gasteiger partial charge in [-0.1, -0.05) is 29.3 Å². The topological polar surface area (TPSA) is 67.4 Å². The van der Waals surface area contributed by atoms with E-state index in [9.17, 15) is 9.59 Å². The zero-order chi connectivity index (χ0) is 16.8. The zero-order valence-corrected chi connectivity index (χ0v) is 13.7. The summed E-state index contributed by atoms with van der Waals surface area (Å²) in [5, 5.41) is 6.26. The van der Waals surface area contributed by atoms with Crippen LogP contribution < -0.4 is 10.6 Å². The summed E-state index contributed by atoms with van der Waals surface area (Å²) < 4.78 is 4.60. The highest BCUT2D eigenvalue weighted by molar-refractivity contribution is 6.42. The number of rotatable bonds is 4. The molecule has 2 rings (SSSR count). The SMILES string of the molecule is COC(=O)c1ccc(NC(=O)NCc2ccc(Cl)c(Cl)c2)cc1. The number of anilines is 1. The van der Waals surface area contributed by atoms with Crippen LogP contribution in [0.4, 0.5) is 10.5 Å². The molecule has 0 aliphatic rings. The van der Waals surface area contributed by atoms with Crippen LogP contribution in [0, 0.1) is 0 Å². The lowest BCUT2D eigenvalue weighted by Gasteiger charge is -2.09. The molecule has 0 radical (unpaired) electrons. The Hall–Kier alpha value is -2.24. The number of ether oxygens (including phenoxy) is 1. The molecule has 0 saturated carbocycles. The monoisotopic (exact) mass is 352 g/mol. The van der Waals surface area contributed by atoms with Gasteiger partial charge in [-0.3, -0.25) is 0 Å². The average Bonchev–Trinajstić information content (AvgIpc) is 2.56. The molecule has 2 aromatic carbocycles. The summed E-state index contributed by atoms with van der Waals surface area (Å²) in [6.45, 7) is 0.308. The molecule has 2 amide bonds. The Labute approximate surface area is 143 Å². The number of carbonyl (C=O) groups excluding carboxylic acids is 2. The summed E-state index contributed by atoms with van der Waals surface area (Å²) in [5.74, 6) is -0.430. The number of amides is 2. The van der Waals surface area contributed by atoms with E-state index in [1.165, 1.54) is 7.11 Å². The summed E-state index contributed by atoms with van der Waals surface area (Å²) in [4.78, 5) is 23.2. The van der Waals surface area contributed by atoms with Crippen molar-refractivity contribution >= 4 is 40.9 Å². The highest BCUT2D eigenvalue weighted by Crippen LogP contribution is 2.22. The maximum absolute atomic E-state index is 11.8. The summed E-state index contributed by atoms with van der Waals surface area (Å²) in [6.07, 6.45) is 0. The van der Waals surface area contributed by atoms with Gasteiger partial charge in [0.15, 0.2) is 0 Å². The molecule has 0 bridgehead atoms. The Bertz CT molecular complexity index is 718. The molecule has 2 aromatic rings. The van der Waals surface area contributed by atoms with Gasteiger partial charge in [-0.05, 0) is 42.0 Å². The van der Waals surface area contributed by atoms with Crippen molar-refractivity contribution in [1.29, 1.82) is 0 Å². The minimum absolute atomic E-state index is 0.308. The second kappa shape index (κ2) is 7.85. The van der Waals surface area contributed by atoms with Crippen molar-refractivity contribution in [1.82, 2.24) is 5.32 Å². The number of urea groups is 1. The fourth-order valence-electron chi connectivity index (χ4n) is 1.81. The maximum Gasteiger partial charge on any atom is 0.337 e. The molecule has 0 saturated heterocycles. The van der Waals surface area contributed by atoms with E-state index < -0.39 is 5.97 Å². The smallest absolute Gasteiger partial charge is 0.337 e. The Morgan fingerprint density at radius 2 is 1.74 bits per heavy atom. The molecule has 120 valence electrons. The molecule has 0 aliphatic heterocycles. The van der Waals surface area contributed by atoms with Crippen molar-refractivity contribution in [2.75, 3.05) is 12.4 Å². The quantitative estimate of drug-likeness (QED) is 0.813. The summed E-state index contributed by atoms with van der Waals surface area (Å²) in [7, 11) is 1.31. The molecular weight excluding hydrogens is 339 g/mol. The zero-order valence-electron chi connectivity index (χ0n) is 12.2. The van der Waals surface area contributed by atoms with Crippen LogP contribution in [-0.4, -0.2) is 19.1 Å². The average molecular weight is 353 g/mol. The molecule has 0 spiro atoms. The third-order valence-corrected chi connectivity index (χ3v) is 3.74. The van der Waals surface area contributed by atoms with Crippen molar-refractivity contribution in [2.45, 2.75) is 6.54 Å². The first-order valence-electron chi connectivity index (χ1n) is 6.67. The van der Waals surface area contributed by atoms with Crippen molar-refractivity contribution in [3.05, 3.63) is 63.6 Å². The summed E-state index contributed by atoms with van der Waals surface area (Å²) >= 11 is 11.7. The van der Waals surface area contributed by atoms with Crippen LogP contribution in [0.15, 0.2) is 42.5 Å². The first-order chi connectivity index (χ1) is 11.0. The van der Waals surface area contributed by atoms with Crippen LogP contribution in [0.1, 0.15) is 15.9 Å². The molecule has 0 fully saturated rings. The van der Waals surface area contributed by atoms with Gasteiger partial charge >= 0.3 is 12.0 Å². The Balaban J connectivity index is 1.89. The number of carbonyl (C=O) groups is 2. The van der Waals surface area contributed by atoms with Gasteiger partial charge in [0.1, 0.15) is 0 Å². The predicted octanol–water partition coefficient (Wildman–Crippen LogP) is 4.10. The van der Waals surface area contributed by atoms with Gasteiger partial charge < -0.3 is 15.4 Å². The van der Waals surface area contributed by atoms with E-state index in [1.807, 2.05) is 0 Å². The molecule has 2 N–H and O–H groups in total. The molecule has 0 aromatic heterocycles. The number of esters is 1. The van der Waals surface area contributed by atoms with Crippen LogP contribution in [0.2, 0.25) is 10.0 Å². The number of hydrogen-bond donors (Lipinski definition) is 2. The van der Waals surface area contributed by atoms with E-state index in [0.717, 1.165) is 5.56 Å². The minimum atomic E-state index is -0.430. The van der Waals surface area contributed by atoms with Gasteiger partial charge in [0.05, 0.1) is 22.7 Å². The van der Waals surface area contributed by atoms with Crippen LogP contribution in [0.5, 0.6) is 0 Å². The van der Waals surface area contributed by atoms with Gasteiger partial charge in [-0.2, -0.15) is 0 Å². The van der Waals surface area contributed by atoms with Crippen LogP contribution in [-0.2, 0) is 11.3 Å². The van der Waals surface area contributed by atoms with E-state index in [1.54, 1.807) is 42.5 Å². The molecular formula is C16H14Cl2N2O3. The fourth-order valence-corrected chi connectivity index (χ4v) is 2.14. The molecule has 7 heteroatoms. The largest absolute Gasteiger partial charge is 0.465 e. The Morgan fingerprint density at radius 1 is 1.04 bits per heavy atom. The van der Waals surface area contributed by atoms with E-state index in [2.05, 4.69) is 15.4 Å². The van der Waals surface area contributed by atoms with Crippen molar-refractivity contribution in [2.24, 2.45) is 0 Å². The summed E-state index contributed by atoms with van der Waals surface area (Å²) in [6, 6.07) is 11.1. The second-order valence-corrected chi connectivity index (χ2v) is 5.44. The number of nitrogens with one attached hydrogen (secondary N) is 2. The van der Waals surface area contributed by atoms with Gasteiger partial charge in [-0.25, -0.2) is 9.59 Å². The lowest BCUT2D eigenvalue weighted by atomic mass is 10.2. The van der Waals surface area contributed by atoms with Crippen LogP contribution in [0.25, 0.3) is 0 Å². The molecule has 5 nitrogen and oxygen atoms in total. The molecule has 0 heterocycles. The third kappa shape index (κ3) is 4.87. The van der Waals surface area contributed by atoms with Crippen molar-refractivity contribution in [3.8, 4) is 0 Å². The summed E-state index contributed by atoms with van der Waals surface area (Å²) in [5.41, 5.74) is 1.80. The number of benzene rings is 2. The predicted molar refractivity (Wildman–Crippen MR) is 90.1 cm³/mol. The van der Waals surface area contributed by atoms with Gasteiger partial charge in [0, 0.05) is 12.2 Å². The number of methoxy groups -OCH3 is 1. The normalized spacial score (nSPS) is 10.0. The fraction of sp³-hybridized carbons (Fsp3) is 0.125. The number of hydrogen-bond acceptors (Lipinski definition) is 3. The van der Waals surface area contributed by atoms with Crippen LogP contribution in [0.3, 0.4) is 0 Å². The highest BCUT2D eigenvalue weighted by atomic mass is 35.5. The van der Waals surface area contributed by atoms with Gasteiger partial charge in [-0.15, -0.1) is 0 Å². The lowest BCUT2D eigenvalue weighted by Crippen LogP contribution is -2.28. The maximum atomic E-state index is 11.8. The lowest BCUT2D eigenvalue weighted by molar-refractivity contribution is 0.0601. The van der Waals surface area contributed by atoms with E-state index in [0.29, 0.717) is 27.8 Å². The van der Waals surface area contributed by atoms with Crippen molar-refractivity contribution < 1.29 is 14.3 Å². The first-order valence-corrected chi connectivity index (χ1v) is 7.42. The van der Waals surface area contributed by atoms with Gasteiger partial charge in [0.25, 0.3) is 0 Å². The highest BCUT2D eigenvalue weighted by Gasteiger charge is 2.06. The second-order valence-electron chi connectivity index (χ2n) is 4.63. The molecule has 0 aliphatic carbocycles.